The molecule has 4 heterocycles. The van der Waals surface area contributed by atoms with Crippen molar-refractivity contribution in [1.29, 1.82) is 0 Å². The van der Waals surface area contributed by atoms with Gasteiger partial charge in [-0.05, 0) is 24.3 Å². The summed E-state index contributed by atoms with van der Waals surface area (Å²) in [7, 11) is 0. The molecule has 0 bridgehead atoms. The van der Waals surface area contributed by atoms with E-state index in [2.05, 4.69) is 40.9 Å². The molecule has 5 rings (SSSR count). The summed E-state index contributed by atoms with van der Waals surface area (Å²) < 4.78 is 15.8. The number of aromatic nitrogens is 6. The largest absolute Gasteiger partial charge is 0.352 e. The maximum absolute atomic E-state index is 13.7. The summed E-state index contributed by atoms with van der Waals surface area (Å²) in [5.41, 5.74) is 2.61. The number of tetrazole rings is 1. The maximum Gasteiger partial charge on any atom is 0.188 e. The molecule has 1 fully saturated rings. The molecule has 1 aromatic carbocycles. The molecule has 1 N–H and O–H groups in total. The normalized spacial score (nSPS) is 16.0. The Balaban J connectivity index is 1.44. The Labute approximate surface area is 148 Å². The fourth-order valence-corrected chi connectivity index (χ4v) is 3.53. The van der Waals surface area contributed by atoms with Crippen molar-refractivity contribution in [2.75, 3.05) is 31.1 Å². The number of fused-ring (bicyclic) bond motifs is 3. The molecule has 0 unspecified atom stereocenters. The third-order valence-corrected chi connectivity index (χ3v) is 4.83. The molecular formula is C17H17FN8. The highest BCUT2D eigenvalue weighted by molar-refractivity contribution is 5.85. The van der Waals surface area contributed by atoms with Crippen LogP contribution in [0.1, 0.15) is 5.82 Å². The van der Waals surface area contributed by atoms with Crippen molar-refractivity contribution < 1.29 is 4.39 Å². The Bertz CT molecular complexity index is 1050. The van der Waals surface area contributed by atoms with Crippen LogP contribution in [0, 0.1) is 5.82 Å². The van der Waals surface area contributed by atoms with Gasteiger partial charge in [0.1, 0.15) is 5.82 Å². The van der Waals surface area contributed by atoms with Gasteiger partial charge in [0.25, 0.3) is 0 Å². The smallest absolute Gasteiger partial charge is 0.188 e. The summed E-state index contributed by atoms with van der Waals surface area (Å²) in [5.74, 6) is 1.33. The predicted octanol–water partition coefficient (Wildman–Crippen LogP) is 1.46. The quantitative estimate of drug-likeness (QED) is 0.601. The standard InChI is InChI=1S/C17H17FN8/c18-12-3-4-14-13(10-12)19-17(15-2-1-5-26(14)15)25-8-6-24(7-9-25)11-16-20-22-23-21-16/h1-5,10H,6-9,11H2,(H,20,21,22,23). The molecule has 1 saturated heterocycles. The number of aromatic amines is 1. The van der Waals surface area contributed by atoms with Crippen LogP contribution in [0.3, 0.4) is 0 Å². The number of hydrogen-bond donors (Lipinski definition) is 1. The molecule has 9 heteroatoms. The van der Waals surface area contributed by atoms with Crippen LogP contribution in [0.15, 0.2) is 36.5 Å². The lowest BCUT2D eigenvalue weighted by atomic mass is 10.2. The molecule has 3 aromatic heterocycles. The van der Waals surface area contributed by atoms with Gasteiger partial charge in [-0.25, -0.2) is 9.37 Å². The van der Waals surface area contributed by atoms with E-state index < -0.39 is 0 Å². The van der Waals surface area contributed by atoms with Crippen molar-refractivity contribution in [3.63, 3.8) is 0 Å². The van der Waals surface area contributed by atoms with Crippen molar-refractivity contribution >= 4 is 22.4 Å². The summed E-state index contributed by atoms with van der Waals surface area (Å²) in [6.45, 7) is 4.12. The summed E-state index contributed by atoms with van der Waals surface area (Å²) >= 11 is 0. The number of nitrogens with zero attached hydrogens (tertiary/aromatic N) is 7. The zero-order valence-corrected chi connectivity index (χ0v) is 14.0. The molecule has 0 aliphatic carbocycles. The van der Waals surface area contributed by atoms with Crippen molar-refractivity contribution in [2.45, 2.75) is 6.54 Å². The molecule has 0 spiro atoms. The first kappa shape index (κ1) is 15.2. The second-order valence-corrected chi connectivity index (χ2v) is 6.42. The monoisotopic (exact) mass is 352 g/mol. The molecule has 26 heavy (non-hydrogen) atoms. The number of H-pyrrole nitrogens is 1. The van der Waals surface area contributed by atoms with Gasteiger partial charge in [0, 0.05) is 38.4 Å². The van der Waals surface area contributed by atoms with E-state index in [1.807, 2.05) is 12.3 Å². The number of nitrogens with one attached hydrogen (secondary N) is 1. The SMILES string of the molecule is Fc1ccc2c(c1)nc(N1CCN(Cc3nn[nH]n3)CC1)c1cccn12. The first-order valence-corrected chi connectivity index (χ1v) is 8.54. The molecule has 1 aliphatic rings. The highest BCUT2D eigenvalue weighted by Crippen LogP contribution is 2.26. The minimum atomic E-state index is -0.271. The minimum absolute atomic E-state index is 0.271. The van der Waals surface area contributed by atoms with Crippen LogP contribution >= 0.6 is 0 Å². The first-order chi connectivity index (χ1) is 12.8. The lowest BCUT2D eigenvalue weighted by molar-refractivity contribution is 0.243. The number of rotatable bonds is 3. The Morgan fingerprint density at radius 2 is 1.96 bits per heavy atom. The summed E-state index contributed by atoms with van der Waals surface area (Å²) in [4.78, 5) is 9.31. The van der Waals surface area contributed by atoms with Crippen molar-refractivity contribution in [2.24, 2.45) is 0 Å². The van der Waals surface area contributed by atoms with Crippen molar-refractivity contribution in [3.05, 3.63) is 48.2 Å². The number of anilines is 1. The van der Waals surface area contributed by atoms with E-state index in [1.54, 1.807) is 6.07 Å². The molecule has 0 atom stereocenters. The fraction of sp³-hybridized carbons (Fsp3) is 0.294. The average Bonchev–Trinajstić information content (AvgIpc) is 3.33. The summed E-state index contributed by atoms with van der Waals surface area (Å²) in [5, 5.41) is 14.1. The van der Waals surface area contributed by atoms with Gasteiger partial charge in [-0.2, -0.15) is 5.21 Å². The number of halogens is 1. The molecule has 132 valence electrons. The maximum atomic E-state index is 13.7. The van der Waals surface area contributed by atoms with Crippen LogP contribution in [-0.4, -0.2) is 61.1 Å². The molecule has 0 radical (unpaired) electrons. The number of hydrogen-bond acceptors (Lipinski definition) is 6. The van der Waals surface area contributed by atoms with Crippen molar-refractivity contribution in [1.82, 2.24) is 34.9 Å². The Kier molecular flexibility index (Phi) is 3.52. The van der Waals surface area contributed by atoms with E-state index in [0.717, 1.165) is 43.0 Å². The third kappa shape index (κ3) is 2.57. The molecule has 0 saturated carbocycles. The fourth-order valence-electron chi connectivity index (χ4n) is 3.53. The zero-order chi connectivity index (χ0) is 17.5. The van der Waals surface area contributed by atoms with E-state index in [0.29, 0.717) is 17.9 Å². The van der Waals surface area contributed by atoms with Crippen LogP contribution in [0.25, 0.3) is 16.6 Å². The molecule has 0 amide bonds. The van der Waals surface area contributed by atoms with E-state index >= 15 is 0 Å². The van der Waals surface area contributed by atoms with Gasteiger partial charge >= 0.3 is 0 Å². The van der Waals surface area contributed by atoms with Gasteiger partial charge in [0.05, 0.1) is 23.1 Å². The third-order valence-electron chi connectivity index (χ3n) is 4.83. The zero-order valence-electron chi connectivity index (χ0n) is 14.0. The summed E-state index contributed by atoms with van der Waals surface area (Å²) in [6, 6.07) is 8.79. The van der Waals surface area contributed by atoms with E-state index in [1.165, 1.54) is 12.1 Å². The van der Waals surface area contributed by atoms with Crippen LogP contribution in [-0.2, 0) is 6.54 Å². The Morgan fingerprint density at radius 3 is 2.77 bits per heavy atom. The molecule has 4 aromatic rings. The van der Waals surface area contributed by atoms with Crippen molar-refractivity contribution in [3.8, 4) is 0 Å². The van der Waals surface area contributed by atoms with Gasteiger partial charge in [0.2, 0.25) is 0 Å². The minimum Gasteiger partial charge on any atom is -0.352 e. The molecule has 8 nitrogen and oxygen atoms in total. The van der Waals surface area contributed by atoms with Crippen LogP contribution < -0.4 is 4.90 Å². The van der Waals surface area contributed by atoms with E-state index in [-0.39, 0.29) is 5.82 Å². The highest BCUT2D eigenvalue weighted by Gasteiger charge is 2.22. The van der Waals surface area contributed by atoms with Gasteiger partial charge < -0.3 is 9.30 Å². The van der Waals surface area contributed by atoms with E-state index in [4.69, 9.17) is 4.98 Å². The Morgan fingerprint density at radius 1 is 1.08 bits per heavy atom. The second kappa shape index (κ2) is 6.03. The van der Waals surface area contributed by atoms with Gasteiger partial charge in [0.15, 0.2) is 11.6 Å². The average molecular weight is 352 g/mol. The van der Waals surface area contributed by atoms with Gasteiger partial charge in [-0.1, -0.05) is 5.21 Å². The molecule has 1 aliphatic heterocycles. The predicted molar refractivity (Wildman–Crippen MR) is 94.3 cm³/mol. The number of piperazine rings is 1. The molecular weight excluding hydrogens is 335 g/mol. The topological polar surface area (TPSA) is 78.2 Å². The van der Waals surface area contributed by atoms with Crippen LogP contribution in [0.2, 0.25) is 0 Å². The second-order valence-electron chi connectivity index (χ2n) is 6.42. The van der Waals surface area contributed by atoms with E-state index in [9.17, 15) is 4.39 Å². The first-order valence-electron chi connectivity index (χ1n) is 8.54. The van der Waals surface area contributed by atoms with Crippen LogP contribution in [0.5, 0.6) is 0 Å². The van der Waals surface area contributed by atoms with Gasteiger partial charge in [-0.3, -0.25) is 4.90 Å². The lowest BCUT2D eigenvalue weighted by Gasteiger charge is -2.35. The van der Waals surface area contributed by atoms with Crippen LogP contribution in [0.4, 0.5) is 10.2 Å². The van der Waals surface area contributed by atoms with Gasteiger partial charge in [-0.15, -0.1) is 10.2 Å². The lowest BCUT2D eigenvalue weighted by Crippen LogP contribution is -2.46. The number of benzene rings is 1. The summed E-state index contributed by atoms with van der Waals surface area (Å²) in [6.07, 6.45) is 1.99. The Hall–Kier alpha value is -3.07. The highest BCUT2D eigenvalue weighted by atomic mass is 19.1.